The molecule has 162 valence electrons. The second-order valence-corrected chi connectivity index (χ2v) is 8.77. The molecule has 31 heavy (non-hydrogen) atoms. The standard InChI is InChI=1S/C22H22ClF2N5O/c23-20-14(5-6-16(29-20)28-13-7-9-22(24,25)10-8-13)19(31)18-17-15(27-12-3-4-12)2-1-11-26-21(17)30-18/h1,5-6,11-13,27H,2-4,7-10H2,(H,28,29). The van der Waals surface area contributed by atoms with Crippen LogP contribution in [0.25, 0.3) is 0 Å². The van der Waals surface area contributed by atoms with E-state index in [1.165, 1.54) is 0 Å². The number of aliphatic imine (C=N–C) groups is 2. The molecule has 6 nitrogen and oxygen atoms in total. The molecule has 2 aliphatic heterocycles. The van der Waals surface area contributed by atoms with Gasteiger partial charge in [-0.2, -0.15) is 0 Å². The van der Waals surface area contributed by atoms with Crippen LogP contribution in [0.15, 0.2) is 45.7 Å². The Morgan fingerprint density at radius 2 is 1.84 bits per heavy atom. The fourth-order valence-corrected chi connectivity index (χ4v) is 4.25. The third-order valence-electron chi connectivity index (χ3n) is 5.94. The number of carbonyl (C=O) groups is 1. The molecule has 0 radical (unpaired) electrons. The number of rotatable bonds is 6. The van der Waals surface area contributed by atoms with Crippen molar-refractivity contribution >= 4 is 34.7 Å². The molecular weight excluding hydrogens is 424 g/mol. The molecule has 0 unspecified atom stereocenters. The van der Waals surface area contributed by atoms with E-state index >= 15 is 0 Å². The summed E-state index contributed by atoms with van der Waals surface area (Å²) in [5.74, 6) is -1.85. The molecule has 2 fully saturated rings. The summed E-state index contributed by atoms with van der Waals surface area (Å²) in [5, 5.41) is 6.70. The van der Waals surface area contributed by atoms with Gasteiger partial charge in [-0.1, -0.05) is 17.7 Å². The predicted molar refractivity (Wildman–Crippen MR) is 116 cm³/mol. The van der Waals surface area contributed by atoms with Crippen LogP contribution >= 0.6 is 11.6 Å². The van der Waals surface area contributed by atoms with Gasteiger partial charge in [-0.05, 0) is 37.8 Å². The number of aromatic nitrogens is 1. The third kappa shape index (κ3) is 4.26. The van der Waals surface area contributed by atoms with Gasteiger partial charge in [-0.3, -0.25) is 4.79 Å². The number of halogens is 3. The zero-order chi connectivity index (χ0) is 21.6. The van der Waals surface area contributed by atoms with Gasteiger partial charge in [0.25, 0.3) is 0 Å². The molecule has 0 bridgehead atoms. The first-order valence-corrected chi connectivity index (χ1v) is 10.9. The minimum Gasteiger partial charge on any atom is -0.385 e. The van der Waals surface area contributed by atoms with E-state index in [-0.39, 0.29) is 35.4 Å². The van der Waals surface area contributed by atoms with Crippen molar-refractivity contribution in [1.82, 2.24) is 10.3 Å². The van der Waals surface area contributed by atoms with Gasteiger partial charge in [0, 0.05) is 43.2 Å². The highest BCUT2D eigenvalue weighted by atomic mass is 35.5. The topological polar surface area (TPSA) is 78.7 Å². The second kappa shape index (κ2) is 7.82. The van der Waals surface area contributed by atoms with Crippen molar-refractivity contribution in [3.63, 3.8) is 0 Å². The maximum absolute atomic E-state index is 13.3. The van der Waals surface area contributed by atoms with Crippen LogP contribution in [0.4, 0.5) is 14.6 Å². The van der Waals surface area contributed by atoms with E-state index < -0.39 is 5.92 Å². The van der Waals surface area contributed by atoms with Crippen molar-refractivity contribution < 1.29 is 13.6 Å². The zero-order valence-corrected chi connectivity index (χ0v) is 17.6. The van der Waals surface area contributed by atoms with E-state index in [9.17, 15) is 13.6 Å². The maximum Gasteiger partial charge on any atom is 0.248 e. The van der Waals surface area contributed by atoms with E-state index in [0.29, 0.717) is 42.7 Å². The molecular formula is C22H22ClF2N5O. The molecule has 9 heteroatoms. The molecule has 1 aromatic heterocycles. The number of anilines is 1. The Balaban J connectivity index is 1.32. The number of fused-ring (bicyclic) bond motifs is 1. The van der Waals surface area contributed by atoms with Crippen LogP contribution in [-0.2, 0) is 0 Å². The summed E-state index contributed by atoms with van der Waals surface area (Å²) in [5.41, 5.74) is 2.31. The van der Waals surface area contributed by atoms with Crippen LogP contribution < -0.4 is 10.6 Å². The fraction of sp³-hybridized carbons (Fsp3) is 0.455. The summed E-state index contributed by atoms with van der Waals surface area (Å²) in [4.78, 5) is 26.0. The smallest absolute Gasteiger partial charge is 0.248 e. The lowest BCUT2D eigenvalue weighted by molar-refractivity contribution is -0.0361. The van der Waals surface area contributed by atoms with E-state index in [2.05, 4.69) is 25.6 Å². The molecule has 2 aliphatic carbocycles. The van der Waals surface area contributed by atoms with Crippen molar-refractivity contribution in [3.8, 4) is 0 Å². The monoisotopic (exact) mass is 445 g/mol. The molecule has 1 aromatic rings. The second-order valence-electron chi connectivity index (χ2n) is 8.41. The molecule has 0 spiro atoms. The predicted octanol–water partition coefficient (Wildman–Crippen LogP) is 4.68. The van der Waals surface area contributed by atoms with Gasteiger partial charge >= 0.3 is 0 Å². The number of amidine groups is 1. The maximum atomic E-state index is 13.3. The number of pyridine rings is 1. The van der Waals surface area contributed by atoms with Crippen molar-refractivity contribution in [1.29, 1.82) is 0 Å². The first-order chi connectivity index (χ1) is 14.9. The van der Waals surface area contributed by atoms with Crippen LogP contribution in [-0.4, -0.2) is 40.3 Å². The van der Waals surface area contributed by atoms with Gasteiger partial charge in [0.1, 0.15) is 16.7 Å². The molecule has 4 aliphatic rings. The lowest BCUT2D eigenvalue weighted by Gasteiger charge is -2.29. The molecule has 0 amide bonds. The first-order valence-electron chi connectivity index (χ1n) is 10.6. The summed E-state index contributed by atoms with van der Waals surface area (Å²) in [6, 6.07) is 3.63. The van der Waals surface area contributed by atoms with Crippen molar-refractivity contribution in [3.05, 3.63) is 46.4 Å². The summed E-state index contributed by atoms with van der Waals surface area (Å²) in [6.07, 6.45) is 7.01. The summed E-state index contributed by atoms with van der Waals surface area (Å²) in [6.45, 7) is 0. The Morgan fingerprint density at radius 3 is 2.55 bits per heavy atom. The van der Waals surface area contributed by atoms with Gasteiger partial charge in [0.2, 0.25) is 11.7 Å². The number of nitrogens with one attached hydrogen (secondary N) is 2. The molecule has 5 rings (SSSR count). The van der Waals surface area contributed by atoms with Gasteiger partial charge in [0.15, 0.2) is 5.84 Å². The number of allylic oxidation sites excluding steroid dienone is 1. The fourth-order valence-electron chi connectivity index (χ4n) is 4.01. The quantitative estimate of drug-likeness (QED) is 0.492. The number of nitrogens with zero attached hydrogens (tertiary/aromatic N) is 3. The van der Waals surface area contributed by atoms with Crippen molar-refractivity contribution in [2.75, 3.05) is 5.32 Å². The lowest BCUT2D eigenvalue weighted by atomic mass is 9.92. The molecule has 2 N–H and O–H groups in total. The van der Waals surface area contributed by atoms with Crippen LogP contribution in [0.1, 0.15) is 55.3 Å². The minimum atomic E-state index is -2.58. The molecule has 0 saturated heterocycles. The highest BCUT2D eigenvalue weighted by Crippen LogP contribution is 2.34. The number of carbonyl (C=O) groups excluding carboxylic acids is 1. The third-order valence-corrected chi connectivity index (χ3v) is 6.23. The highest BCUT2D eigenvalue weighted by Gasteiger charge is 2.37. The highest BCUT2D eigenvalue weighted by molar-refractivity contribution is 6.63. The van der Waals surface area contributed by atoms with Gasteiger partial charge in [0.05, 0.1) is 11.1 Å². The Labute approximate surface area is 183 Å². The molecule has 0 aromatic carbocycles. The van der Waals surface area contributed by atoms with Crippen molar-refractivity contribution in [2.24, 2.45) is 9.98 Å². The van der Waals surface area contributed by atoms with Crippen LogP contribution in [0, 0.1) is 0 Å². The number of hydrogen-bond donors (Lipinski definition) is 2. The molecule has 2 saturated carbocycles. The number of alkyl halides is 2. The van der Waals surface area contributed by atoms with Crippen molar-refractivity contribution in [2.45, 2.75) is 63.0 Å². The summed E-state index contributed by atoms with van der Waals surface area (Å²) < 4.78 is 26.7. The van der Waals surface area contributed by atoms with E-state index in [1.807, 2.05) is 6.08 Å². The Hall–Kier alpha value is -2.61. The largest absolute Gasteiger partial charge is 0.385 e. The van der Waals surface area contributed by atoms with E-state index in [4.69, 9.17) is 11.6 Å². The molecule has 0 atom stereocenters. The first kappa shape index (κ1) is 20.3. The van der Waals surface area contributed by atoms with Crippen LogP contribution in [0.3, 0.4) is 0 Å². The van der Waals surface area contributed by atoms with Gasteiger partial charge in [-0.25, -0.2) is 23.7 Å². The van der Waals surface area contributed by atoms with Gasteiger partial charge < -0.3 is 10.6 Å². The zero-order valence-electron chi connectivity index (χ0n) is 16.8. The van der Waals surface area contributed by atoms with Crippen LogP contribution in [0.5, 0.6) is 0 Å². The Kier molecular flexibility index (Phi) is 5.12. The Bertz CT molecular complexity index is 1050. The van der Waals surface area contributed by atoms with E-state index in [1.54, 1.807) is 18.3 Å². The van der Waals surface area contributed by atoms with E-state index in [0.717, 1.165) is 24.1 Å². The number of hydrogen-bond acceptors (Lipinski definition) is 6. The number of ketones is 1. The SMILES string of the molecule is O=C(C1=NC2=NC=CCC(NC3CC3)=C21)c1ccc(NC2CCC(F)(F)CC2)nc1Cl. The van der Waals surface area contributed by atoms with Gasteiger partial charge in [-0.15, -0.1) is 0 Å². The number of Topliss-reactive ketones (excluding diaryl/α,β-unsaturated/α-hetero) is 1. The Morgan fingerprint density at radius 1 is 1.10 bits per heavy atom. The summed E-state index contributed by atoms with van der Waals surface area (Å²) >= 11 is 6.33. The minimum absolute atomic E-state index is 0.0632. The lowest BCUT2D eigenvalue weighted by Crippen LogP contribution is -2.35. The average Bonchev–Trinajstić information content (AvgIpc) is 3.53. The summed E-state index contributed by atoms with van der Waals surface area (Å²) in [7, 11) is 0. The average molecular weight is 446 g/mol. The molecule has 3 heterocycles. The van der Waals surface area contributed by atoms with Crippen LogP contribution in [0.2, 0.25) is 5.15 Å². The normalized spacial score (nSPS) is 22.7.